The molecule has 0 aromatic heterocycles. The summed E-state index contributed by atoms with van der Waals surface area (Å²) in [7, 11) is 0. The van der Waals surface area contributed by atoms with Crippen LogP contribution in [0.5, 0.6) is 0 Å². The van der Waals surface area contributed by atoms with Crippen LogP contribution in [0, 0.1) is 0 Å². The minimum absolute atomic E-state index is 0.0201. The van der Waals surface area contributed by atoms with Gasteiger partial charge in [0, 0.05) is 24.7 Å². The molecule has 2 fully saturated rings. The first-order valence-electron chi connectivity index (χ1n) is 5.73. The number of ether oxygens (including phenoxy) is 1. The summed E-state index contributed by atoms with van der Waals surface area (Å²) in [6, 6.07) is 0. The molecule has 2 aliphatic rings. The van der Waals surface area contributed by atoms with Gasteiger partial charge in [-0.2, -0.15) is 13.2 Å². The summed E-state index contributed by atoms with van der Waals surface area (Å²) in [5, 5.41) is 4.12. The first-order chi connectivity index (χ1) is 8.49. The fourth-order valence-electron chi connectivity index (χ4n) is 1.93. The summed E-state index contributed by atoms with van der Waals surface area (Å²) in [6.07, 6.45) is 1.88. The second kappa shape index (κ2) is 5.92. The Morgan fingerprint density at radius 3 is 2.78 bits per heavy atom. The molecular formula is C10H15F3N2OS2. The maximum Gasteiger partial charge on any atom is 0.441 e. The van der Waals surface area contributed by atoms with Gasteiger partial charge in [-0.15, -0.1) is 0 Å². The van der Waals surface area contributed by atoms with Gasteiger partial charge in [-0.3, -0.25) is 4.99 Å². The number of thioether (sulfide) groups is 2. The molecule has 1 spiro atoms. The molecule has 1 N–H and O–H groups in total. The average Bonchev–Trinajstić information content (AvgIpc) is 2.68. The number of hydrogen-bond acceptors (Lipinski definition) is 4. The molecule has 0 unspecified atom stereocenters. The van der Waals surface area contributed by atoms with Crippen molar-refractivity contribution in [2.75, 3.05) is 31.3 Å². The van der Waals surface area contributed by atoms with Crippen LogP contribution in [0.25, 0.3) is 0 Å². The van der Waals surface area contributed by atoms with Crippen molar-refractivity contribution in [3.8, 4) is 0 Å². The van der Waals surface area contributed by atoms with Gasteiger partial charge in [0.25, 0.3) is 0 Å². The van der Waals surface area contributed by atoms with Gasteiger partial charge >= 0.3 is 5.51 Å². The highest BCUT2D eigenvalue weighted by Gasteiger charge is 2.38. The van der Waals surface area contributed by atoms with Crippen LogP contribution < -0.4 is 5.32 Å². The van der Waals surface area contributed by atoms with Gasteiger partial charge < -0.3 is 10.1 Å². The minimum Gasteiger partial charge on any atom is -0.381 e. The molecule has 0 atom stereocenters. The lowest BCUT2D eigenvalue weighted by atomic mass is 9.93. The lowest BCUT2D eigenvalue weighted by Crippen LogP contribution is -2.48. The summed E-state index contributed by atoms with van der Waals surface area (Å²) >= 11 is 1.58. The molecular weight excluding hydrogens is 285 g/mol. The molecule has 0 amide bonds. The first kappa shape index (κ1) is 14.3. The summed E-state index contributed by atoms with van der Waals surface area (Å²) in [4.78, 5) is 4.18. The van der Waals surface area contributed by atoms with Crippen LogP contribution in [0.3, 0.4) is 0 Å². The molecule has 0 bridgehead atoms. The predicted molar refractivity (Wildman–Crippen MR) is 69.2 cm³/mol. The van der Waals surface area contributed by atoms with E-state index in [2.05, 4.69) is 10.3 Å². The second-order valence-electron chi connectivity index (χ2n) is 4.29. The van der Waals surface area contributed by atoms with Gasteiger partial charge in [0.05, 0.1) is 12.1 Å². The number of hydrogen-bond donors (Lipinski definition) is 1. The topological polar surface area (TPSA) is 33.6 Å². The zero-order valence-electron chi connectivity index (χ0n) is 9.76. The molecule has 0 saturated carbocycles. The molecule has 3 nitrogen and oxygen atoms in total. The van der Waals surface area contributed by atoms with Crippen molar-refractivity contribution in [3.63, 3.8) is 0 Å². The van der Waals surface area contributed by atoms with Gasteiger partial charge in [0.1, 0.15) is 0 Å². The molecule has 2 saturated heterocycles. The Bertz CT molecular complexity index is 317. The summed E-state index contributed by atoms with van der Waals surface area (Å²) in [5.74, 6) is 0.910. The maximum absolute atomic E-state index is 11.9. The van der Waals surface area contributed by atoms with E-state index >= 15 is 0 Å². The Kier molecular flexibility index (Phi) is 4.71. The Labute approximate surface area is 112 Å². The van der Waals surface area contributed by atoms with E-state index in [1.165, 1.54) is 0 Å². The second-order valence-corrected chi connectivity index (χ2v) is 6.41. The van der Waals surface area contributed by atoms with E-state index in [0.29, 0.717) is 0 Å². The number of halogens is 3. The molecule has 0 radical (unpaired) electrons. The molecule has 18 heavy (non-hydrogen) atoms. The van der Waals surface area contributed by atoms with Crippen LogP contribution >= 0.6 is 23.5 Å². The first-order valence-corrected chi connectivity index (χ1v) is 7.70. The van der Waals surface area contributed by atoms with Crippen molar-refractivity contribution in [2.24, 2.45) is 4.99 Å². The lowest BCUT2D eigenvalue weighted by molar-refractivity contribution is -0.0327. The van der Waals surface area contributed by atoms with Crippen molar-refractivity contribution in [1.82, 2.24) is 5.32 Å². The normalized spacial score (nSPS) is 25.6. The molecule has 0 aromatic rings. The zero-order valence-corrected chi connectivity index (χ0v) is 11.4. The highest BCUT2D eigenvalue weighted by molar-refractivity contribution is 8.14. The van der Waals surface area contributed by atoms with Gasteiger partial charge in [-0.1, -0.05) is 11.8 Å². The van der Waals surface area contributed by atoms with Crippen LogP contribution in [-0.4, -0.2) is 47.5 Å². The number of amidine groups is 1. The number of nitrogens with zero attached hydrogens (tertiary/aromatic N) is 1. The number of alkyl halides is 3. The molecule has 104 valence electrons. The van der Waals surface area contributed by atoms with Crippen molar-refractivity contribution >= 4 is 28.7 Å². The summed E-state index contributed by atoms with van der Waals surface area (Å²) in [5.41, 5.74) is -4.10. The van der Waals surface area contributed by atoms with Gasteiger partial charge in [0.15, 0.2) is 5.17 Å². The Morgan fingerprint density at radius 2 is 2.11 bits per heavy atom. The number of aliphatic imine (C=N–C) groups is 1. The minimum atomic E-state index is -4.15. The monoisotopic (exact) mass is 300 g/mol. The smallest absolute Gasteiger partial charge is 0.381 e. The van der Waals surface area contributed by atoms with E-state index in [9.17, 15) is 13.2 Å². The third-order valence-electron chi connectivity index (χ3n) is 2.92. The quantitative estimate of drug-likeness (QED) is 0.812. The van der Waals surface area contributed by atoms with Crippen molar-refractivity contribution in [3.05, 3.63) is 0 Å². The van der Waals surface area contributed by atoms with E-state index < -0.39 is 5.51 Å². The Balaban J connectivity index is 1.74. The third-order valence-corrected chi connectivity index (χ3v) is 4.84. The van der Waals surface area contributed by atoms with Crippen molar-refractivity contribution < 1.29 is 17.9 Å². The van der Waals surface area contributed by atoms with Crippen LogP contribution in [0.2, 0.25) is 0 Å². The Morgan fingerprint density at radius 1 is 1.39 bits per heavy atom. The van der Waals surface area contributed by atoms with Crippen LogP contribution in [-0.2, 0) is 4.74 Å². The molecule has 8 heteroatoms. The fourth-order valence-corrected chi connectivity index (χ4v) is 3.59. The summed E-state index contributed by atoms with van der Waals surface area (Å²) in [6.45, 7) is 1.68. The third kappa shape index (κ3) is 4.24. The SMILES string of the molecule is FC(F)(F)SCCN=C1NC2(CCOCC2)CS1. The van der Waals surface area contributed by atoms with E-state index in [0.717, 1.165) is 37.0 Å². The van der Waals surface area contributed by atoms with E-state index in [1.807, 2.05) is 0 Å². The fraction of sp³-hybridized carbons (Fsp3) is 0.900. The highest BCUT2D eigenvalue weighted by Crippen LogP contribution is 2.32. The van der Waals surface area contributed by atoms with Crippen LogP contribution in [0.4, 0.5) is 13.2 Å². The molecule has 0 aromatic carbocycles. The number of nitrogens with one attached hydrogen (secondary N) is 1. The van der Waals surface area contributed by atoms with Gasteiger partial charge in [-0.25, -0.2) is 0 Å². The molecule has 2 heterocycles. The van der Waals surface area contributed by atoms with Crippen LogP contribution in [0.15, 0.2) is 4.99 Å². The van der Waals surface area contributed by atoms with E-state index in [4.69, 9.17) is 4.74 Å². The molecule has 2 aliphatic heterocycles. The maximum atomic E-state index is 11.9. The highest BCUT2D eigenvalue weighted by atomic mass is 32.2. The zero-order chi connectivity index (χ0) is 13.1. The van der Waals surface area contributed by atoms with Gasteiger partial charge in [-0.05, 0) is 24.6 Å². The largest absolute Gasteiger partial charge is 0.441 e. The average molecular weight is 300 g/mol. The lowest BCUT2D eigenvalue weighted by Gasteiger charge is -2.32. The summed E-state index contributed by atoms with van der Waals surface area (Å²) < 4.78 is 41.1. The van der Waals surface area contributed by atoms with Crippen molar-refractivity contribution in [1.29, 1.82) is 0 Å². The molecule has 0 aliphatic carbocycles. The predicted octanol–water partition coefficient (Wildman–Crippen LogP) is 2.48. The van der Waals surface area contributed by atoms with E-state index in [1.54, 1.807) is 11.8 Å². The molecule has 2 rings (SSSR count). The van der Waals surface area contributed by atoms with Gasteiger partial charge in [0.2, 0.25) is 0 Å². The number of rotatable bonds is 3. The van der Waals surface area contributed by atoms with Crippen molar-refractivity contribution in [2.45, 2.75) is 23.9 Å². The standard InChI is InChI=1S/C10H15F3N2OS2/c11-10(12,13)18-6-3-14-8-15-9(7-17-8)1-4-16-5-2-9/h1-7H2,(H,14,15). The van der Waals surface area contributed by atoms with E-state index in [-0.39, 0.29) is 29.6 Å². The van der Waals surface area contributed by atoms with Crippen LogP contribution in [0.1, 0.15) is 12.8 Å². The Hall–Kier alpha value is -0.0800.